The predicted octanol–water partition coefficient (Wildman–Crippen LogP) is 1.96. The SMILES string of the molecule is I.NN1C=Cc2ccccc2C1. The molecule has 2 N–H and O–H groups in total. The van der Waals surface area contributed by atoms with E-state index in [0.717, 1.165) is 6.54 Å². The Morgan fingerprint density at radius 1 is 1.25 bits per heavy atom. The molecule has 0 saturated carbocycles. The average Bonchev–Trinajstić information content (AvgIpc) is 2.04. The molecule has 1 aromatic carbocycles. The monoisotopic (exact) mass is 274 g/mol. The third-order valence-electron chi connectivity index (χ3n) is 1.85. The van der Waals surface area contributed by atoms with Crippen molar-refractivity contribution in [2.24, 2.45) is 5.84 Å². The molecule has 0 bridgehead atoms. The number of rotatable bonds is 0. The topological polar surface area (TPSA) is 29.3 Å². The van der Waals surface area contributed by atoms with Gasteiger partial charge in [0.25, 0.3) is 0 Å². The minimum absolute atomic E-state index is 0. The van der Waals surface area contributed by atoms with E-state index >= 15 is 0 Å². The van der Waals surface area contributed by atoms with Crippen LogP contribution in [0.5, 0.6) is 0 Å². The van der Waals surface area contributed by atoms with Crippen LogP contribution in [0, 0.1) is 0 Å². The largest absolute Gasteiger partial charge is 0.314 e. The first-order valence-electron chi connectivity index (χ1n) is 3.64. The highest BCUT2D eigenvalue weighted by molar-refractivity contribution is 14.0. The molecule has 0 fully saturated rings. The summed E-state index contributed by atoms with van der Waals surface area (Å²) in [5.74, 6) is 5.60. The summed E-state index contributed by atoms with van der Waals surface area (Å²) in [5.41, 5.74) is 2.56. The summed E-state index contributed by atoms with van der Waals surface area (Å²) in [6, 6.07) is 8.26. The summed E-state index contributed by atoms with van der Waals surface area (Å²) in [7, 11) is 0. The van der Waals surface area contributed by atoms with Crippen molar-refractivity contribution in [1.82, 2.24) is 5.01 Å². The van der Waals surface area contributed by atoms with Crippen LogP contribution in [0.15, 0.2) is 30.5 Å². The minimum atomic E-state index is 0. The van der Waals surface area contributed by atoms with Gasteiger partial charge in [-0.2, -0.15) is 0 Å². The standard InChI is InChI=1S/C9H10N2.HI/c10-11-6-5-8-3-1-2-4-9(8)7-11;/h1-6H,7,10H2;1H. The average molecular weight is 274 g/mol. The van der Waals surface area contributed by atoms with E-state index in [-0.39, 0.29) is 24.0 Å². The van der Waals surface area contributed by atoms with E-state index in [4.69, 9.17) is 5.84 Å². The number of hydrazine groups is 1. The Labute approximate surface area is 89.0 Å². The number of nitrogens with zero attached hydrogens (tertiary/aromatic N) is 1. The summed E-state index contributed by atoms with van der Waals surface area (Å²) in [6.45, 7) is 0.812. The van der Waals surface area contributed by atoms with Crippen LogP contribution in [0.2, 0.25) is 0 Å². The van der Waals surface area contributed by atoms with Gasteiger partial charge < -0.3 is 5.01 Å². The van der Waals surface area contributed by atoms with Gasteiger partial charge in [-0.3, -0.25) is 0 Å². The van der Waals surface area contributed by atoms with Crippen LogP contribution in [-0.4, -0.2) is 5.01 Å². The molecule has 0 unspecified atom stereocenters. The van der Waals surface area contributed by atoms with Crippen LogP contribution in [0.3, 0.4) is 0 Å². The first kappa shape index (κ1) is 9.54. The second-order valence-corrected chi connectivity index (χ2v) is 2.69. The highest BCUT2D eigenvalue weighted by Crippen LogP contribution is 2.16. The zero-order chi connectivity index (χ0) is 7.68. The summed E-state index contributed by atoms with van der Waals surface area (Å²) < 4.78 is 0. The number of nitrogens with two attached hydrogens (primary N) is 1. The summed E-state index contributed by atoms with van der Waals surface area (Å²) >= 11 is 0. The fourth-order valence-corrected chi connectivity index (χ4v) is 1.27. The Kier molecular flexibility index (Phi) is 3.11. The molecule has 0 aliphatic carbocycles. The van der Waals surface area contributed by atoms with Gasteiger partial charge in [-0.05, 0) is 17.2 Å². The fraction of sp³-hybridized carbons (Fsp3) is 0.111. The smallest absolute Gasteiger partial charge is 0.0591 e. The molecule has 1 aliphatic heterocycles. The van der Waals surface area contributed by atoms with Crippen LogP contribution in [-0.2, 0) is 6.54 Å². The lowest BCUT2D eigenvalue weighted by molar-refractivity contribution is 0.384. The maximum atomic E-state index is 5.60. The second-order valence-electron chi connectivity index (χ2n) is 2.69. The molecule has 1 aromatic rings. The number of hydrogen-bond acceptors (Lipinski definition) is 2. The van der Waals surface area contributed by atoms with Crippen molar-refractivity contribution >= 4 is 30.1 Å². The molecule has 0 spiro atoms. The molecule has 64 valence electrons. The molecule has 0 aromatic heterocycles. The van der Waals surface area contributed by atoms with Gasteiger partial charge in [0.15, 0.2) is 0 Å². The van der Waals surface area contributed by atoms with Crippen LogP contribution in [0.25, 0.3) is 6.08 Å². The fourth-order valence-electron chi connectivity index (χ4n) is 1.27. The number of hydrogen-bond donors (Lipinski definition) is 1. The lowest BCUT2D eigenvalue weighted by Gasteiger charge is -2.19. The van der Waals surface area contributed by atoms with Gasteiger partial charge in [0.05, 0.1) is 6.54 Å². The van der Waals surface area contributed by atoms with E-state index in [2.05, 4.69) is 12.1 Å². The van der Waals surface area contributed by atoms with E-state index in [1.165, 1.54) is 11.1 Å². The molecular formula is C9H11IN2. The maximum absolute atomic E-state index is 5.60. The van der Waals surface area contributed by atoms with Crippen molar-refractivity contribution in [2.75, 3.05) is 0 Å². The number of fused-ring (bicyclic) bond motifs is 1. The Bertz CT molecular complexity index is 296. The van der Waals surface area contributed by atoms with Crippen molar-refractivity contribution in [3.8, 4) is 0 Å². The van der Waals surface area contributed by atoms with E-state index in [9.17, 15) is 0 Å². The molecule has 2 nitrogen and oxygen atoms in total. The predicted molar refractivity (Wildman–Crippen MR) is 60.6 cm³/mol. The lowest BCUT2D eigenvalue weighted by atomic mass is 10.1. The summed E-state index contributed by atoms with van der Waals surface area (Å²) in [5, 5.41) is 1.68. The molecule has 0 amide bonds. The Morgan fingerprint density at radius 2 is 2.00 bits per heavy atom. The van der Waals surface area contributed by atoms with Crippen molar-refractivity contribution in [3.05, 3.63) is 41.6 Å². The third kappa shape index (κ3) is 1.78. The number of halogens is 1. The molecule has 3 heteroatoms. The minimum Gasteiger partial charge on any atom is -0.314 e. The number of benzene rings is 1. The molecule has 2 rings (SSSR count). The maximum Gasteiger partial charge on any atom is 0.0591 e. The highest BCUT2D eigenvalue weighted by atomic mass is 127. The summed E-state index contributed by atoms with van der Waals surface area (Å²) in [6.07, 6.45) is 3.92. The van der Waals surface area contributed by atoms with E-state index in [0.29, 0.717) is 0 Å². The molecule has 1 heterocycles. The normalized spacial score (nSPS) is 13.6. The van der Waals surface area contributed by atoms with Crippen molar-refractivity contribution in [2.45, 2.75) is 6.54 Å². The van der Waals surface area contributed by atoms with Gasteiger partial charge in [-0.1, -0.05) is 24.3 Å². The zero-order valence-corrected chi connectivity index (χ0v) is 8.93. The van der Waals surface area contributed by atoms with Crippen molar-refractivity contribution < 1.29 is 0 Å². The summed E-state index contributed by atoms with van der Waals surface area (Å²) in [4.78, 5) is 0. The van der Waals surface area contributed by atoms with E-state index in [1.807, 2.05) is 24.4 Å². The Hall–Kier alpha value is -0.550. The molecule has 1 aliphatic rings. The molecule has 0 radical (unpaired) electrons. The van der Waals surface area contributed by atoms with Gasteiger partial charge in [0, 0.05) is 6.20 Å². The Morgan fingerprint density at radius 3 is 2.83 bits per heavy atom. The highest BCUT2D eigenvalue weighted by Gasteiger charge is 2.04. The second kappa shape index (κ2) is 3.91. The third-order valence-corrected chi connectivity index (χ3v) is 1.85. The first-order chi connectivity index (χ1) is 5.36. The lowest BCUT2D eigenvalue weighted by Crippen LogP contribution is -2.26. The molecule has 12 heavy (non-hydrogen) atoms. The van der Waals surface area contributed by atoms with Gasteiger partial charge in [-0.15, -0.1) is 24.0 Å². The molecule has 0 atom stereocenters. The van der Waals surface area contributed by atoms with Crippen LogP contribution < -0.4 is 5.84 Å². The van der Waals surface area contributed by atoms with Gasteiger partial charge in [0.1, 0.15) is 0 Å². The van der Waals surface area contributed by atoms with Crippen molar-refractivity contribution in [1.29, 1.82) is 0 Å². The zero-order valence-electron chi connectivity index (χ0n) is 6.60. The van der Waals surface area contributed by atoms with E-state index in [1.54, 1.807) is 5.01 Å². The van der Waals surface area contributed by atoms with Crippen LogP contribution >= 0.6 is 24.0 Å². The quantitative estimate of drug-likeness (QED) is 0.579. The Balaban J connectivity index is 0.000000720. The van der Waals surface area contributed by atoms with Crippen LogP contribution in [0.4, 0.5) is 0 Å². The van der Waals surface area contributed by atoms with Gasteiger partial charge in [0.2, 0.25) is 0 Å². The molecular weight excluding hydrogens is 263 g/mol. The van der Waals surface area contributed by atoms with E-state index < -0.39 is 0 Å². The van der Waals surface area contributed by atoms with Gasteiger partial charge in [-0.25, -0.2) is 5.84 Å². The van der Waals surface area contributed by atoms with Gasteiger partial charge >= 0.3 is 0 Å². The van der Waals surface area contributed by atoms with Crippen molar-refractivity contribution in [3.63, 3.8) is 0 Å². The molecule has 0 saturated heterocycles. The van der Waals surface area contributed by atoms with Crippen LogP contribution in [0.1, 0.15) is 11.1 Å². The first-order valence-corrected chi connectivity index (χ1v) is 3.64.